The summed E-state index contributed by atoms with van der Waals surface area (Å²) >= 11 is 0. The predicted molar refractivity (Wildman–Crippen MR) is 89.9 cm³/mol. The monoisotopic (exact) mass is 321 g/mol. The van der Waals surface area contributed by atoms with Crippen molar-refractivity contribution < 1.29 is 19.4 Å². The van der Waals surface area contributed by atoms with Crippen molar-refractivity contribution in [1.82, 2.24) is 5.32 Å². The van der Waals surface area contributed by atoms with E-state index >= 15 is 0 Å². The number of ether oxygens (including phenoxy) is 1. The topological polar surface area (TPSA) is 75.6 Å². The Hall–Kier alpha value is -2.04. The van der Waals surface area contributed by atoms with Gasteiger partial charge in [-0.05, 0) is 38.8 Å². The fourth-order valence-electron chi connectivity index (χ4n) is 2.21. The minimum atomic E-state index is -0.732. The third-order valence-corrected chi connectivity index (χ3v) is 3.34. The van der Waals surface area contributed by atoms with E-state index in [-0.39, 0.29) is 18.4 Å². The van der Waals surface area contributed by atoms with E-state index in [0.29, 0.717) is 17.9 Å². The molecule has 0 bridgehead atoms. The van der Waals surface area contributed by atoms with Gasteiger partial charge in [0.1, 0.15) is 5.75 Å². The number of carbonyl (C=O) groups is 2. The number of hydrogen-bond donors (Lipinski definition) is 2. The van der Waals surface area contributed by atoms with Crippen LogP contribution in [0, 0.1) is 0 Å². The molecule has 1 amide bonds. The summed E-state index contributed by atoms with van der Waals surface area (Å²) in [6.45, 7) is 4.41. The molecule has 23 heavy (non-hydrogen) atoms. The van der Waals surface area contributed by atoms with Gasteiger partial charge in [0, 0.05) is 12.5 Å². The summed E-state index contributed by atoms with van der Waals surface area (Å²) in [5.41, 5.74) is 0.558. The van der Waals surface area contributed by atoms with Crippen LogP contribution in [0.15, 0.2) is 24.3 Å². The Labute approximate surface area is 138 Å². The van der Waals surface area contributed by atoms with Gasteiger partial charge in [0.05, 0.1) is 12.2 Å². The van der Waals surface area contributed by atoms with Crippen LogP contribution in [0.1, 0.15) is 62.7 Å². The largest absolute Gasteiger partial charge is 0.493 e. The SMILES string of the molecule is CC(C)NC(=O)c1ccccc1OCCCCCCCC(=O)O. The first kappa shape index (κ1) is 19.0. The van der Waals surface area contributed by atoms with Gasteiger partial charge in [-0.15, -0.1) is 0 Å². The number of carbonyl (C=O) groups excluding carboxylic acids is 1. The Morgan fingerprint density at radius 2 is 1.74 bits per heavy atom. The summed E-state index contributed by atoms with van der Waals surface area (Å²) in [4.78, 5) is 22.5. The molecule has 5 heteroatoms. The second-order valence-corrected chi connectivity index (χ2v) is 5.88. The van der Waals surface area contributed by atoms with Gasteiger partial charge in [0.2, 0.25) is 0 Å². The van der Waals surface area contributed by atoms with Gasteiger partial charge in [-0.2, -0.15) is 0 Å². The van der Waals surface area contributed by atoms with Gasteiger partial charge in [0.15, 0.2) is 0 Å². The van der Waals surface area contributed by atoms with Crippen LogP contribution in [0.3, 0.4) is 0 Å². The lowest BCUT2D eigenvalue weighted by atomic mass is 10.1. The number of unbranched alkanes of at least 4 members (excludes halogenated alkanes) is 4. The number of carboxylic acid groups (broad SMARTS) is 1. The lowest BCUT2D eigenvalue weighted by molar-refractivity contribution is -0.137. The lowest BCUT2D eigenvalue weighted by Gasteiger charge is -2.13. The molecule has 0 atom stereocenters. The summed E-state index contributed by atoms with van der Waals surface area (Å²) < 4.78 is 5.73. The summed E-state index contributed by atoms with van der Waals surface area (Å²) in [5, 5.41) is 11.4. The van der Waals surface area contributed by atoms with Crippen LogP contribution < -0.4 is 10.1 Å². The van der Waals surface area contributed by atoms with Crippen molar-refractivity contribution in [2.24, 2.45) is 0 Å². The Morgan fingerprint density at radius 3 is 2.43 bits per heavy atom. The fourth-order valence-corrected chi connectivity index (χ4v) is 2.21. The summed E-state index contributed by atoms with van der Waals surface area (Å²) in [7, 11) is 0. The van der Waals surface area contributed by atoms with E-state index in [2.05, 4.69) is 5.32 Å². The normalized spacial score (nSPS) is 10.6. The first-order valence-corrected chi connectivity index (χ1v) is 8.25. The molecule has 0 aliphatic heterocycles. The van der Waals surface area contributed by atoms with Gasteiger partial charge >= 0.3 is 5.97 Å². The Morgan fingerprint density at radius 1 is 1.09 bits per heavy atom. The van der Waals surface area contributed by atoms with E-state index in [1.54, 1.807) is 6.07 Å². The molecule has 1 aromatic rings. The molecule has 0 aliphatic rings. The highest BCUT2D eigenvalue weighted by Gasteiger charge is 2.12. The molecule has 1 aromatic carbocycles. The third-order valence-electron chi connectivity index (χ3n) is 3.34. The van der Waals surface area contributed by atoms with Crippen LogP contribution in [-0.2, 0) is 4.79 Å². The van der Waals surface area contributed by atoms with Gasteiger partial charge < -0.3 is 15.2 Å². The molecule has 0 spiro atoms. The molecule has 0 heterocycles. The molecule has 1 rings (SSSR count). The highest BCUT2D eigenvalue weighted by atomic mass is 16.5. The average Bonchev–Trinajstić information content (AvgIpc) is 2.49. The molecule has 128 valence electrons. The molecule has 5 nitrogen and oxygen atoms in total. The summed E-state index contributed by atoms with van der Waals surface area (Å²) in [6, 6.07) is 7.33. The smallest absolute Gasteiger partial charge is 0.303 e. The minimum Gasteiger partial charge on any atom is -0.493 e. The zero-order valence-electron chi connectivity index (χ0n) is 14.0. The van der Waals surface area contributed by atoms with Crippen molar-refractivity contribution in [3.05, 3.63) is 29.8 Å². The van der Waals surface area contributed by atoms with Crippen LogP contribution in [0.4, 0.5) is 0 Å². The number of para-hydroxylation sites is 1. The Balaban J connectivity index is 2.29. The molecule has 0 saturated carbocycles. The zero-order valence-corrected chi connectivity index (χ0v) is 14.0. The molecule has 2 N–H and O–H groups in total. The zero-order chi connectivity index (χ0) is 17.1. The molecule has 0 saturated heterocycles. The van der Waals surface area contributed by atoms with E-state index in [4.69, 9.17) is 9.84 Å². The van der Waals surface area contributed by atoms with E-state index in [1.165, 1.54) is 0 Å². The number of nitrogens with one attached hydrogen (secondary N) is 1. The van der Waals surface area contributed by atoms with Crippen molar-refractivity contribution in [2.75, 3.05) is 6.61 Å². The maximum absolute atomic E-state index is 12.1. The van der Waals surface area contributed by atoms with Crippen LogP contribution in [-0.4, -0.2) is 29.6 Å². The molecule has 0 radical (unpaired) electrons. The van der Waals surface area contributed by atoms with Crippen molar-refractivity contribution >= 4 is 11.9 Å². The maximum atomic E-state index is 12.1. The average molecular weight is 321 g/mol. The molecule has 0 aliphatic carbocycles. The van der Waals surface area contributed by atoms with Crippen LogP contribution >= 0.6 is 0 Å². The predicted octanol–water partition coefficient (Wildman–Crippen LogP) is 3.63. The van der Waals surface area contributed by atoms with Gasteiger partial charge in [0.25, 0.3) is 5.91 Å². The highest BCUT2D eigenvalue weighted by Crippen LogP contribution is 2.18. The standard InChI is InChI=1S/C18H27NO4/c1-14(2)19-18(22)15-10-7-8-11-16(15)23-13-9-5-3-4-6-12-17(20)21/h7-8,10-11,14H,3-6,9,12-13H2,1-2H3,(H,19,22)(H,20,21). The fraction of sp³-hybridized carbons (Fsp3) is 0.556. The van der Waals surface area contributed by atoms with E-state index in [0.717, 1.165) is 32.1 Å². The maximum Gasteiger partial charge on any atom is 0.303 e. The molecule has 0 aromatic heterocycles. The number of benzene rings is 1. The second-order valence-electron chi connectivity index (χ2n) is 5.88. The first-order chi connectivity index (χ1) is 11.0. The van der Waals surface area contributed by atoms with Gasteiger partial charge in [-0.3, -0.25) is 9.59 Å². The number of hydrogen-bond acceptors (Lipinski definition) is 3. The summed E-state index contributed by atoms with van der Waals surface area (Å²) in [5.74, 6) is -0.245. The second kappa shape index (κ2) is 10.6. The first-order valence-electron chi connectivity index (χ1n) is 8.25. The number of carboxylic acids is 1. The lowest BCUT2D eigenvalue weighted by Crippen LogP contribution is -2.30. The van der Waals surface area contributed by atoms with E-state index in [9.17, 15) is 9.59 Å². The summed E-state index contributed by atoms with van der Waals surface area (Å²) in [6.07, 6.45) is 4.81. The number of rotatable bonds is 11. The van der Waals surface area contributed by atoms with E-state index < -0.39 is 5.97 Å². The van der Waals surface area contributed by atoms with Crippen LogP contribution in [0.5, 0.6) is 5.75 Å². The van der Waals surface area contributed by atoms with Crippen LogP contribution in [0.2, 0.25) is 0 Å². The minimum absolute atomic E-state index is 0.0846. The van der Waals surface area contributed by atoms with Crippen molar-refractivity contribution in [3.8, 4) is 5.75 Å². The molecular weight excluding hydrogens is 294 g/mol. The van der Waals surface area contributed by atoms with Gasteiger partial charge in [-0.25, -0.2) is 0 Å². The number of amides is 1. The van der Waals surface area contributed by atoms with Crippen molar-refractivity contribution in [3.63, 3.8) is 0 Å². The highest BCUT2D eigenvalue weighted by molar-refractivity contribution is 5.97. The van der Waals surface area contributed by atoms with Crippen molar-refractivity contribution in [1.29, 1.82) is 0 Å². The van der Waals surface area contributed by atoms with Crippen molar-refractivity contribution in [2.45, 2.75) is 58.4 Å². The molecular formula is C18H27NO4. The quantitative estimate of drug-likeness (QED) is 0.610. The molecule has 0 unspecified atom stereocenters. The Kier molecular flexibility index (Phi) is 8.80. The third kappa shape index (κ3) is 8.24. The van der Waals surface area contributed by atoms with E-state index in [1.807, 2.05) is 32.0 Å². The van der Waals surface area contributed by atoms with Gasteiger partial charge in [-0.1, -0.05) is 31.4 Å². The number of aliphatic carboxylic acids is 1. The molecule has 0 fully saturated rings. The van der Waals surface area contributed by atoms with Crippen LogP contribution in [0.25, 0.3) is 0 Å². The Bertz CT molecular complexity index is 500.